The molecule has 92 valence electrons. The minimum Gasteiger partial charge on any atom is -0.479 e. The lowest BCUT2D eigenvalue weighted by atomic mass is 9.99. The molecular weight excluding hydrogens is 240 g/mol. The van der Waals surface area contributed by atoms with Crippen LogP contribution >= 0.6 is 11.8 Å². The van der Waals surface area contributed by atoms with E-state index in [0.29, 0.717) is 24.0 Å². The molecule has 0 radical (unpaired) electrons. The molecule has 1 aromatic rings. The zero-order chi connectivity index (χ0) is 12.8. The van der Waals surface area contributed by atoms with Gasteiger partial charge in [-0.1, -0.05) is 6.07 Å². The van der Waals surface area contributed by atoms with Crippen LogP contribution in [0, 0.1) is 0 Å². The Balaban J connectivity index is 3.09. The van der Waals surface area contributed by atoms with Gasteiger partial charge in [0.25, 0.3) is 0 Å². The van der Waals surface area contributed by atoms with Gasteiger partial charge < -0.3 is 15.0 Å². The predicted molar refractivity (Wildman–Crippen MR) is 65.2 cm³/mol. The van der Waals surface area contributed by atoms with Gasteiger partial charge in [-0.15, -0.1) is 11.8 Å². The van der Waals surface area contributed by atoms with Gasteiger partial charge >= 0.3 is 5.97 Å². The Hall–Kier alpha value is -1.33. The molecule has 1 unspecified atom stereocenters. The van der Waals surface area contributed by atoms with Crippen LogP contribution in [0.2, 0.25) is 0 Å². The highest BCUT2D eigenvalue weighted by Gasteiger charge is 2.19. The van der Waals surface area contributed by atoms with Gasteiger partial charge in [0.1, 0.15) is 6.29 Å². The fraction of sp³-hybridized carbons (Fsp3) is 0.333. The summed E-state index contributed by atoms with van der Waals surface area (Å²) in [7, 11) is 0. The minimum absolute atomic E-state index is 0.317. The first kappa shape index (κ1) is 13.7. The Morgan fingerprint density at radius 2 is 2.24 bits per heavy atom. The fourth-order valence-corrected chi connectivity index (χ4v) is 2.00. The van der Waals surface area contributed by atoms with Crippen molar-refractivity contribution in [1.82, 2.24) is 0 Å². The molecule has 1 rings (SSSR count). The maximum atomic E-state index is 10.8. The maximum absolute atomic E-state index is 10.8. The lowest BCUT2D eigenvalue weighted by Gasteiger charge is -2.12. The van der Waals surface area contributed by atoms with Crippen molar-refractivity contribution in [3.05, 3.63) is 29.3 Å². The van der Waals surface area contributed by atoms with E-state index in [1.807, 2.05) is 12.3 Å². The first-order valence-electron chi connectivity index (χ1n) is 5.11. The molecule has 17 heavy (non-hydrogen) atoms. The summed E-state index contributed by atoms with van der Waals surface area (Å²) in [5.74, 6) is -1.28. The Kier molecular flexibility index (Phi) is 5.18. The van der Waals surface area contributed by atoms with E-state index in [9.17, 15) is 14.7 Å². The number of hydrogen-bond acceptors (Lipinski definition) is 4. The molecule has 0 heterocycles. The van der Waals surface area contributed by atoms with Crippen molar-refractivity contribution in [2.24, 2.45) is 0 Å². The molecule has 0 aromatic heterocycles. The van der Waals surface area contributed by atoms with E-state index in [-0.39, 0.29) is 0 Å². The highest BCUT2D eigenvalue weighted by Crippen LogP contribution is 2.25. The quantitative estimate of drug-likeness (QED) is 0.596. The number of aliphatic carboxylic acids is 1. The minimum atomic E-state index is -1.53. The number of aldehydes is 1. The molecule has 0 bridgehead atoms. The van der Waals surface area contributed by atoms with Gasteiger partial charge in [0, 0.05) is 11.3 Å². The van der Waals surface area contributed by atoms with E-state index >= 15 is 0 Å². The summed E-state index contributed by atoms with van der Waals surface area (Å²) in [5, 5.41) is 18.3. The molecule has 0 aliphatic rings. The second kappa shape index (κ2) is 6.42. The molecule has 1 atom stereocenters. The van der Waals surface area contributed by atoms with Crippen molar-refractivity contribution in [3.63, 3.8) is 0 Å². The first-order chi connectivity index (χ1) is 8.10. The van der Waals surface area contributed by atoms with Gasteiger partial charge in [-0.3, -0.25) is 0 Å². The monoisotopic (exact) mass is 254 g/mol. The summed E-state index contributed by atoms with van der Waals surface area (Å²) in [6.45, 7) is 0. The SMILES string of the molecule is CSc1ccc(C(O)C(=O)O)c(CCC=O)c1. The van der Waals surface area contributed by atoms with Gasteiger partial charge in [-0.05, 0) is 35.9 Å². The summed E-state index contributed by atoms with van der Waals surface area (Å²) in [6, 6.07) is 5.18. The molecule has 5 heteroatoms. The molecule has 0 saturated heterocycles. The van der Waals surface area contributed by atoms with Crippen LogP contribution in [0.25, 0.3) is 0 Å². The Morgan fingerprint density at radius 3 is 2.76 bits per heavy atom. The molecule has 2 N–H and O–H groups in total. The molecule has 0 fully saturated rings. The van der Waals surface area contributed by atoms with Gasteiger partial charge in [0.2, 0.25) is 0 Å². The fourth-order valence-electron chi connectivity index (χ4n) is 1.54. The van der Waals surface area contributed by atoms with Crippen LogP contribution in [0.1, 0.15) is 23.7 Å². The van der Waals surface area contributed by atoms with Gasteiger partial charge in [-0.2, -0.15) is 0 Å². The molecule has 4 nitrogen and oxygen atoms in total. The van der Waals surface area contributed by atoms with E-state index in [2.05, 4.69) is 0 Å². The first-order valence-corrected chi connectivity index (χ1v) is 6.34. The summed E-state index contributed by atoms with van der Waals surface area (Å²) in [4.78, 5) is 22.1. The standard InChI is InChI=1S/C12H14O4S/c1-17-9-4-5-10(11(14)12(15)16)8(7-9)3-2-6-13/h4-7,11,14H,2-3H2,1H3,(H,15,16). The van der Waals surface area contributed by atoms with Crippen molar-refractivity contribution in [2.75, 3.05) is 6.26 Å². The Labute approximate surface area is 104 Å². The largest absolute Gasteiger partial charge is 0.479 e. The number of aliphatic hydroxyl groups is 1. The van der Waals surface area contributed by atoms with Crippen molar-refractivity contribution in [1.29, 1.82) is 0 Å². The van der Waals surface area contributed by atoms with Gasteiger partial charge in [-0.25, -0.2) is 4.79 Å². The van der Waals surface area contributed by atoms with E-state index in [1.165, 1.54) is 11.8 Å². The zero-order valence-electron chi connectivity index (χ0n) is 9.42. The molecule has 0 amide bonds. The molecule has 0 aliphatic heterocycles. The number of hydrogen-bond donors (Lipinski definition) is 2. The number of carboxylic acids is 1. The third-order valence-electron chi connectivity index (χ3n) is 2.41. The third-order valence-corrected chi connectivity index (χ3v) is 3.14. The highest BCUT2D eigenvalue weighted by atomic mass is 32.2. The molecule has 0 spiro atoms. The van der Waals surface area contributed by atoms with Crippen LogP contribution in [0.15, 0.2) is 23.1 Å². The van der Waals surface area contributed by atoms with Crippen LogP contribution in [0.4, 0.5) is 0 Å². The lowest BCUT2D eigenvalue weighted by molar-refractivity contribution is -0.147. The van der Waals surface area contributed by atoms with Gasteiger partial charge in [0.05, 0.1) is 0 Å². The van der Waals surface area contributed by atoms with E-state index in [1.54, 1.807) is 12.1 Å². The van der Waals surface area contributed by atoms with Crippen LogP contribution < -0.4 is 0 Å². The molecule has 1 aromatic carbocycles. The third kappa shape index (κ3) is 3.57. The lowest BCUT2D eigenvalue weighted by Crippen LogP contribution is -2.13. The average molecular weight is 254 g/mol. The number of carboxylic acid groups (broad SMARTS) is 1. The van der Waals surface area contributed by atoms with E-state index < -0.39 is 12.1 Å². The number of carbonyl (C=O) groups is 2. The average Bonchev–Trinajstić information content (AvgIpc) is 2.34. The highest BCUT2D eigenvalue weighted by molar-refractivity contribution is 7.98. The van der Waals surface area contributed by atoms with E-state index in [0.717, 1.165) is 11.2 Å². The van der Waals surface area contributed by atoms with Crippen molar-refractivity contribution >= 4 is 24.0 Å². The smallest absolute Gasteiger partial charge is 0.337 e. The van der Waals surface area contributed by atoms with Crippen molar-refractivity contribution in [2.45, 2.75) is 23.8 Å². The number of carbonyl (C=O) groups excluding carboxylic acids is 1. The van der Waals surface area contributed by atoms with Gasteiger partial charge in [0.15, 0.2) is 6.10 Å². The predicted octanol–water partition coefficient (Wildman–Crippen LogP) is 1.66. The summed E-state index contributed by atoms with van der Waals surface area (Å²) in [6.07, 6.45) is 1.91. The number of rotatable bonds is 6. The number of aryl methyl sites for hydroxylation is 1. The number of benzene rings is 1. The molecular formula is C12H14O4S. The summed E-state index contributed by atoms with van der Waals surface area (Å²) < 4.78 is 0. The second-order valence-corrected chi connectivity index (χ2v) is 4.39. The van der Waals surface area contributed by atoms with Crippen LogP contribution in [-0.2, 0) is 16.0 Å². The van der Waals surface area contributed by atoms with Crippen LogP contribution in [0.5, 0.6) is 0 Å². The van der Waals surface area contributed by atoms with E-state index in [4.69, 9.17) is 5.11 Å². The maximum Gasteiger partial charge on any atom is 0.337 e. The van der Waals surface area contributed by atoms with Crippen molar-refractivity contribution in [3.8, 4) is 0 Å². The number of thioether (sulfide) groups is 1. The normalized spacial score (nSPS) is 12.1. The Morgan fingerprint density at radius 1 is 1.53 bits per heavy atom. The zero-order valence-corrected chi connectivity index (χ0v) is 10.2. The topological polar surface area (TPSA) is 74.6 Å². The second-order valence-electron chi connectivity index (χ2n) is 3.51. The van der Waals surface area contributed by atoms with Crippen molar-refractivity contribution < 1.29 is 19.8 Å². The molecule has 0 aliphatic carbocycles. The Bertz CT molecular complexity index is 417. The summed E-state index contributed by atoms with van der Waals surface area (Å²) >= 11 is 1.53. The summed E-state index contributed by atoms with van der Waals surface area (Å²) in [5.41, 5.74) is 1.07. The van der Waals surface area contributed by atoms with Crippen LogP contribution in [-0.4, -0.2) is 28.7 Å². The number of aliphatic hydroxyl groups excluding tert-OH is 1. The molecule has 0 saturated carbocycles. The van der Waals surface area contributed by atoms with Crippen LogP contribution in [0.3, 0.4) is 0 Å².